The van der Waals surface area contributed by atoms with Crippen LogP contribution in [0.4, 0.5) is 0 Å². The zero-order valence-electron chi connectivity index (χ0n) is 15.1. The highest BCUT2D eigenvalue weighted by molar-refractivity contribution is 5.98. The molecule has 1 aromatic carbocycles. The summed E-state index contributed by atoms with van der Waals surface area (Å²) >= 11 is 0. The maximum absolute atomic E-state index is 12.7. The van der Waals surface area contributed by atoms with Crippen molar-refractivity contribution in [2.75, 3.05) is 20.2 Å². The van der Waals surface area contributed by atoms with Crippen LogP contribution in [-0.2, 0) is 22.6 Å². The standard InChI is InChI=1S/C20H25N3O3/c1-26-19(24)9-11-23-14-16(12-21-23)13-22-10-5-8-18(15-22)20(25)17-6-3-2-4-7-17/h2-4,6-7,12,14,18H,5,8-11,13,15H2,1H3. The Bertz CT molecular complexity index is 742. The molecule has 1 aromatic heterocycles. The third-order valence-electron chi connectivity index (χ3n) is 4.80. The van der Waals surface area contributed by atoms with Crippen LogP contribution >= 0.6 is 0 Å². The minimum Gasteiger partial charge on any atom is -0.469 e. The number of likely N-dealkylation sites (tertiary alicyclic amines) is 1. The number of rotatable bonds is 7. The summed E-state index contributed by atoms with van der Waals surface area (Å²) < 4.78 is 6.42. The van der Waals surface area contributed by atoms with Crippen molar-refractivity contribution in [3.05, 3.63) is 53.9 Å². The van der Waals surface area contributed by atoms with Crippen molar-refractivity contribution in [3.8, 4) is 0 Å². The van der Waals surface area contributed by atoms with E-state index in [2.05, 4.69) is 14.7 Å². The van der Waals surface area contributed by atoms with Crippen LogP contribution in [0.5, 0.6) is 0 Å². The van der Waals surface area contributed by atoms with Gasteiger partial charge in [-0.1, -0.05) is 30.3 Å². The molecule has 1 aliphatic heterocycles. The molecule has 0 aliphatic carbocycles. The summed E-state index contributed by atoms with van der Waals surface area (Å²) in [5.41, 5.74) is 1.90. The fourth-order valence-electron chi connectivity index (χ4n) is 3.43. The third-order valence-corrected chi connectivity index (χ3v) is 4.80. The van der Waals surface area contributed by atoms with Gasteiger partial charge >= 0.3 is 5.97 Å². The molecule has 0 spiro atoms. The number of Topliss-reactive ketones (excluding diaryl/α,β-unsaturated/α-hetero) is 1. The van der Waals surface area contributed by atoms with E-state index < -0.39 is 0 Å². The van der Waals surface area contributed by atoms with Crippen LogP contribution in [0.15, 0.2) is 42.7 Å². The number of piperidine rings is 1. The third kappa shape index (κ3) is 4.79. The molecule has 138 valence electrons. The van der Waals surface area contributed by atoms with E-state index in [1.807, 2.05) is 42.7 Å². The van der Waals surface area contributed by atoms with Gasteiger partial charge in [0.2, 0.25) is 0 Å². The number of hydrogen-bond donors (Lipinski definition) is 0. The quantitative estimate of drug-likeness (QED) is 0.564. The molecule has 0 N–H and O–H groups in total. The van der Waals surface area contributed by atoms with Crippen LogP contribution < -0.4 is 0 Å². The summed E-state index contributed by atoms with van der Waals surface area (Å²) in [4.78, 5) is 26.2. The van der Waals surface area contributed by atoms with Crippen LogP contribution in [0.1, 0.15) is 35.2 Å². The van der Waals surface area contributed by atoms with Gasteiger partial charge in [-0.2, -0.15) is 5.10 Å². The zero-order valence-corrected chi connectivity index (χ0v) is 15.1. The minimum absolute atomic E-state index is 0.0560. The summed E-state index contributed by atoms with van der Waals surface area (Å²) in [6, 6.07) is 9.55. The highest BCUT2D eigenvalue weighted by Crippen LogP contribution is 2.22. The van der Waals surface area contributed by atoms with E-state index in [1.54, 1.807) is 4.68 Å². The minimum atomic E-state index is -0.236. The molecular formula is C20H25N3O3. The molecule has 2 aromatic rings. The summed E-state index contributed by atoms with van der Waals surface area (Å²) in [6.07, 6.45) is 6.09. The first-order chi connectivity index (χ1) is 12.7. The van der Waals surface area contributed by atoms with Gasteiger partial charge in [0.1, 0.15) is 0 Å². The van der Waals surface area contributed by atoms with E-state index in [9.17, 15) is 9.59 Å². The van der Waals surface area contributed by atoms with Crippen LogP contribution in [0.3, 0.4) is 0 Å². The molecule has 1 atom stereocenters. The Balaban J connectivity index is 1.54. The van der Waals surface area contributed by atoms with Gasteiger partial charge in [-0.3, -0.25) is 19.2 Å². The van der Waals surface area contributed by atoms with E-state index in [4.69, 9.17) is 0 Å². The fraction of sp³-hybridized carbons (Fsp3) is 0.450. The number of benzene rings is 1. The Morgan fingerprint density at radius 1 is 1.27 bits per heavy atom. The molecule has 6 heteroatoms. The van der Waals surface area contributed by atoms with Crippen molar-refractivity contribution in [3.63, 3.8) is 0 Å². The van der Waals surface area contributed by atoms with Crippen molar-refractivity contribution in [2.45, 2.75) is 32.4 Å². The monoisotopic (exact) mass is 355 g/mol. The average Bonchev–Trinajstić information content (AvgIpc) is 3.13. The van der Waals surface area contributed by atoms with E-state index in [0.717, 1.165) is 43.6 Å². The number of ether oxygens (including phenoxy) is 1. The number of aryl methyl sites for hydroxylation is 1. The Hall–Kier alpha value is -2.47. The van der Waals surface area contributed by atoms with Crippen molar-refractivity contribution in [2.24, 2.45) is 5.92 Å². The predicted molar refractivity (Wildman–Crippen MR) is 97.6 cm³/mol. The number of nitrogens with zero attached hydrogens (tertiary/aromatic N) is 3. The SMILES string of the molecule is COC(=O)CCn1cc(CN2CCCC(C(=O)c3ccccc3)C2)cn1. The highest BCUT2D eigenvalue weighted by atomic mass is 16.5. The van der Waals surface area contributed by atoms with Gasteiger partial charge in [-0.25, -0.2) is 0 Å². The average molecular weight is 355 g/mol. The first-order valence-electron chi connectivity index (χ1n) is 9.05. The van der Waals surface area contributed by atoms with Crippen LogP contribution in [-0.4, -0.2) is 46.6 Å². The summed E-state index contributed by atoms with van der Waals surface area (Å²) in [7, 11) is 1.39. The smallest absolute Gasteiger partial charge is 0.307 e. The number of methoxy groups -OCH3 is 1. The lowest BCUT2D eigenvalue weighted by atomic mass is 9.90. The van der Waals surface area contributed by atoms with Gasteiger partial charge in [0.25, 0.3) is 0 Å². The molecule has 0 amide bonds. The molecular weight excluding hydrogens is 330 g/mol. The molecule has 1 fully saturated rings. The van der Waals surface area contributed by atoms with Gasteiger partial charge in [-0.05, 0) is 19.4 Å². The summed E-state index contributed by atoms with van der Waals surface area (Å²) in [6.45, 7) is 3.06. The number of hydrogen-bond acceptors (Lipinski definition) is 5. The fourth-order valence-corrected chi connectivity index (χ4v) is 3.43. The Labute approximate surface area is 153 Å². The molecule has 1 unspecified atom stereocenters. The molecule has 1 saturated heterocycles. The van der Waals surface area contributed by atoms with E-state index in [1.165, 1.54) is 7.11 Å². The van der Waals surface area contributed by atoms with Crippen molar-refractivity contribution >= 4 is 11.8 Å². The first kappa shape index (κ1) is 18.3. The normalized spacial score (nSPS) is 17.8. The van der Waals surface area contributed by atoms with Crippen molar-refractivity contribution in [1.82, 2.24) is 14.7 Å². The van der Waals surface area contributed by atoms with E-state index in [-0.39, 0.29) is 17.7 Å². The number of carbonyl (C=O) groups excluding carboxylic acids is 2. The lowest BCUT2D eigenvalue weighted by Gasteiger charge is -2.31. The largest absolute Gasteiger partial charge is 0.469 e. The number of ketones is 1. The Morgan fingerprint density at radius 2 is 2.08 bits per heavy atom. The zero-order chi connectivity index (χ0) is 18.4. The molecule has 26 heavy (non-hydrogen) atoms. The summed E-state index contributed by atoms with van der Waals surface area (Å²) in [5, 5.41) is 4.30. The van der Waals surface area contributed by atoms with E-state index >= 15 is 0 Å². The molecule has 2 heterocycles. The van der Waals surface area contributed by atoms with Gasteiger partial charge in [0.05, 0.1) is 26.3 Å². The second-order valence-corrected chi connectivity index (χ2v) is 6.74. The number of esters is 1. The van der Waals surface area contributed by atoms with Crippen molar-refractivity contribution in [1.29, 1.82) is 0 Å². The molecule has 0 saturated carbocycles. The van der Waals surface area contributed by atoms with Gasteiger partial charge < -0.3 is 4.74 Å². The van der Waals surface area contributed by atoms with Crippen LogP contribution in [0, 0.1) is 5.92 Å². The maximum Gasteiger partial charge on any atom is 0.307 e. The molecule has 1 aliphatic rings. The Kier molecular flexibility index (Phi) is 6.17. The second kappa shape index (κ2) is 8.76. The number of aromatic nitrogens is 2. The van der Waals surface area contributed by atoms with Gasteiger partial charge in [0.15, 0.2) is 5.78 Å². The van der Waals surface area contributed by atoms with Crippen LogP contribution in [0.2, 0.25) is 0 Å². The van der Waals surface area contributed by atoms with Gasteiger partial charge in [0, 0.05) is 36.3 Å². The molecule has 3 rings (SSSR count). The molecule has 6 nitrogen and oxygen atoms in total. The van der Waals surface area contributed by atoms with E-state index in [0.29, 0.717) is 13.0 Å². The van der Waals surface area contributed by atoms with Gasteiger partial charge in [-0.15, -0.1) is 0 Å². The lowest BCUT2D eigenvalue weighted by molar-refractivity contribution is -0.140. The van der Waals surface area contributed by atoms with Crippen molar-refractivity contribution < 1.29 is 14.3 Å². The molecule has 0 radical (unpaired) electrons. The predicted octanol–water partition coefficient (Wildman–Crippen LogP) is 2.54. The first-order valence-corrected chi connectivity index (χ1v) is 9.05. The highest BCUT2D eigenvalue weighted by Gasteiger charge is 2.26. The summed E-state index contributed by atoms with van der Waals surface area (Å²) in [5.74, 6) is 0.0601. The maximum atomic E-state index is 12.7. The molecule has 0 bridgehead atoms. The topological polar surface area (TPSA) is 64.4 Å². The lowest BCUT2D eigenvalue weighted by Crippen LogP contribution is -2.38. The second-order valence-electron chi connectivity index (χ2n) is 6.74. The Morgan fingerprint density at radius 3 is 2.85 bits per heavy atom. The number of carbonyl (C=O) groups is 2. The van der Waals surface area contributed by atoms with Crippen LogP contribution in [0.25, 0.3) is 0 Å².